The van der Waals surface area contributed by atoms with Crippen LogP contribution in [-0.2, 0) is 11.8 Å². The van der Waals surface area contributed by atoms with Crippen molar-refractivity contribution in [3.8, 4) is 0 Å². The summed E-state index contributed by atoms with van der Waals surface area (Å²) < 4.78 is 1.69. The molecule has 8 heteroatoms. The van der Waals surface area contributed by atoms with Gasteiger partial charge in [-0.2, -0.15) is 10.1 Å². The molecule has 2 N–H and O–H groups in total. The van der Waals surface area contributed by atoms with Gasteiger partial charge in [0.05, 0.1) is 6.54 Å². The summed E-state index contributed by atoms with van der Waals surface area (Å²) in [6.45, 7) is 6.76. The maximum absolute atomic E-state index is 12.3. The van der Waals surface area contributed by atoms with E-state index in [0.717, 1.165) is 50.8 Å². The molecule has 2 fully saturated rings. The van der Waals surface area contributed by atoms with Gasteiger partial charge in [-0.15, -0.1) is 12.4 Å². The summed E-state index contributed by atoms with van der Waals surface area (Å²) in [5, 5.41) is 10.8. The van der Waals surface area contributed by atoms with Crippen molar-refractivity contribution in [3.63, 3.8) is 0 Å². The number of nitrogens with zero attached hydrogens (tertiary/aromatic N) is 4. The Hall–Kier alpha value is -1.18. The molecule has 0 atom stereocenters. The molecule has 136 valence electrons. The SMILES string of the molecule is CC1CCN(CC(=O)Nc2nc(C3CCNCC3)nn2C)CC1.Cl. The summed E-state index contributed by atoms with van der Waals surface area (Å²) in [6, 6.07) is 0. The minimum atomic E-state index is 0. The van der Waals surface area contributed by atoms with E-state index in [4.69, 9.17) is 0 Å². The first-order chi connectivity index (χ1) is 11.1. The zero-order valence-corrected chi connectivity index (χ0v) is 15.4. The summed E-state index contributed by atoms with van der Waals surface area (Å²) in [5.41, 5.74) is 0. The zero-order valence-electron chi connectivity index (χ0n) is 14.6. The van der Waals surface area contributed by atoms with E-state index < -0.39 is 0 Å². The highest BCUT2D eigenvalue weighted by Crippen LogP contribution is 2.23. The Morgan fingerprint density at radius 3 is 2.58 bits per heavy atom. The van der Waals surface area contributed by atoms with Gasteiger partial charge >= 0.3 is 0 Å². The lowest BCUT2D eigenvalue weighted by Gasteiger charge is -2.29. The average molecular weight is 357 g/mol. The summed E-state index contributed by atoms with van der Waals surface area (Å²) in [7, 11) is 1.84. The van der Waals surface area contributed by atoms with Gasteiger partial charge in [-0.3, -0.25) is 15.0 Å². The largest absolute Gasteiger partial charge is 0.317 e. The number of carbonyl (C=O) groups excluding carboxylic acids is 1. The fourth-order valence-corrected chi connectivity index (χ4v) is 3.35. The molecule has 0 radical (unpaired) electrons. The second kappa shape index (κ2) is 8.78. The summed E-state index contributed by atoms with van der Waals surface area (Å²) >= 11 is 0. The van der Waals surface area contributed by atoms with Crippen molar-refractivity contribution >= 4 is 24.3 Å². The van der Waals surface area contributed by atoms with Crippen LogP contribution in [0.5, 0.6) is 0 Å². The number of hydrogen-bond acceptors (Lipinski definition) is 5. The molecule has 2 saturated heterocycles. The van der Waals surface area contributed by atoms with E-state index in [1.54, 1.807) is 4.68 Å². The summed E-state index contributed by atoms with van der Waals surface area (Å²) in [6.07, 6.45) is 4.47. The molecular formula is C16H29ClN6O. The molecule has 7 nitrogen and oxygen atoms in total. The molecule has 1 aromatic heterocycles. The molecule has 0 bridgehead atoms. The van der Waals surface area contributed by atoms with Crippen LogP contribution < -0.4 is 10.6 Å². The topological polar surface area (TPSA) is 75.1 Å². The summed E-state index contributed by atoms with van der Waals surface area (Å²) in [4.78, 5) is 19.0. The van der Waals surface area contributed by atoms with Gasteiger partial charge in [-0.05, 0) is 57.8 Å². The number of hydrogen-bond donors (Lipinski definition) is 2. The van der Waals surface area contributed by atoms with Crippen molar-refractivity contribution in [1.82, 2.24) is 25.0 Å². The molecule has 3 heterocycles. The molecular weight excluding hydrogens is 328 g/mol. The maximum atomic E-state index is 12.3. The number of aryl methyl sites for hydroxylation is 1. The number of anilines is 1. The number of nitrogens with one attached hydrogen (secondary N) is 2. The lowest BCUT2D eigenvalue weighted by atomic mass is 9.98. The lowest BCUT2D eigenvalue weighted by molar-refractivity contribution is -0.117. The number of carbonyl (C=O) groups is 1. The Bertz CT molecular complexity index is 535. The minimum absolute atomic E-state index is 0. The van der Waals surface area contributed by atoms with Gasteiger partial charge in [-0.1, -0.05) is 6.92 Å². The monoisotopic (exact) mass is 356 g/mol. The third-order valence-corrected chi connectivity index (χ3v) is 4.98. The van der Waals surface area contributed by atoms with E-state index in [2.05, 4.69) is 32.5 Å². The van der Waals surface area contributed by atoms with Gasteiger partial charge in [0.2, 0.25) is 11.9 Å². The molecule has 1 amide bonds. The molecule has 2 aliphatic rings. The zero-order chi connectivity index (χ0) is 16.2. The van der Waals surface area contributed by atoms with Gasteiger partial charge in [0.1, 0.15) is 0 Å². The molecule has 3 rings (SSSR count). The van der Waals surface area contributed by atoms with Gasteiger partial charge in [0.25, 0.3) is 0 Å². The van der Waals surface area contributed by atoms with Crippen LogP contribution >= 0.6 is 12.4 Å². The van der Waals surface area contributed by atoms with E-state index in [0.29, 0.717) is 18.4 Å². The normalized spacial score (nSPS) is 20.6. The van der Waals surface area contributed by atoms with Crippen molar-refractivity contribution in [2.75, 3.05) is 38.0 Å². The molecule has 0 aliphatic carbocycles. The second-order valence-corrected chi connectivity index (χ2v) is 6.95. The number of halogens is 1. The van der Waals surface area contributed by atoms with Crippen LogP contribution in [0.25, 0.3) is 0 Å². The number of piperidine rings is 2. The van der Waals surface area contributed by atoms with Gasteiger partial charge in [-0.25, -0.2) is 4.68 Å². The number of aromatic nitrogens is 3. The van der Waals surface area contributed by atoms with Crippen molar-refractivity contribution in [2.45, 2.75) is 38.5 Å². The number of likely N-dealkylation sites (tertiary alicyclic amines) is 1. The fourth-order valence-electron chi connectivity index (χ4n) is 3.35. The van der Waals surface area contributed by atoms with Gasteiger partial charge in [0, 0.05) is 13.0 Å². The molecule has 2 aliphatic heterocycles. The van der Waals surface area contributed by atoms with Crippen LogP contribution in [0.2, 0.25) is 0 Å². The van der Waals surface area contributed by atoms with Crippen molar-refractivity contribution in [2.24, 2.45) is 13.0 Å². The van der Waals surface area contributed by atoms with E-state index in [1.807, 2.05) is 7.05 Å². The molecule has 0 unspecified atom stereocenters. The third-order valence-electron chi connectivity index (χ3n) is 4.98. The highest BCUT2D eigenvalue weighted by molar-refractivity contribution is 5.90. The molecule has 0 aromatic carbocycles. The highest BCUT2D eigenvalue weighted by Gasteiger charge is 2.22. The van der Waals surface area contributed by atoms with Crippen LogP contribution in [0.4, 0.5) is 5.95 Å². The number of rotatable bonds is 4. The average Bonchev–Trinajstić information content (AvgIpc) is 2.91. The molecule has 0 spiro atoms. The quantitative estimate of drug-likeness (QED) is 0.852. The second-order valence-electron chi connectivity index (χ2n) is 6.95. The Balaban J connectivity index is 0.00000208. The van der Waals surface area contributed by atoms with Crippen molar-refractivity contribution < 1.29 is 4.79 Å². The third kappa shape index (κ3) is 4.91. The predicted octanol–water partition coefficient (Wildman–Crippen LogP) is 1.37. The minimum Gasteiger partial charge on any atom is -0.317 e. The molecule has 1 aromatic rings. The smallest absolute Gasteiger partial charge is 0.240 e. The van der Waals surface area contributed by atoms with Crippen LogP contribution in [-0.4, -0.2) is 58.3 Å². The summed E-state index contributed by atoms with van der Waals surface area (Å²) in [5.74, 6) is 2.61. The standard InChI is InChI=1S/C16H28N6O.ClH/c1-12-5-9-22(10-6-12)11-14(23)18-16-19-15(20-21(16)2)13-3-7-17-8-4-13;/h12-13,17H,3-11H2,1-2H3,(H,18,19,20,23);1H. The van der Waals surface area contributed by atoms with Crippen molar-refractivity contribution in [1.29, 1.82) is 0 Å². The Labute approximate surface area is 150 Å². The first kappa shape index (κ1) is 19.1. The predicted molar refractivity (Wildman–Crippen MR) is 96.6 cm³/mol. The maximum Gasteiger partial charge on any atom is 0.240 e. The first-order valence-electron chi connectivity index (χ1n) is 8.75. The van der Waals surface area contributed by atoms with Crippen molar-refractivity contribution in [3.05, 3.63) is 5.82 Å². The Morgan fingerprint density at radius 1 is 1.25 bits per heavy atom. The van der Waals surface area contributed by atoms with Crippen LogP contribution in [0.15, 0.2) is 0 Å². The van der Waals surface area contributed by atoms with Crippen LogP contribution in [0, 0.1) is 5.92 Å². The van der Waals surface area contributed by atoms with Crippen LogP contribution in [0.3, 0.4) is 0 Å². The Kier molecular flexibility index (Phi) is 7.01. The molecule has 0 saturated carbocycles. The fraction of sp³-hybridized carbons (Fsp3) is 0.812. The van der Waals surface area contributed by atoms with Gasteiger partial charge < -0.3 is 5.32 Å². The highest BCUT2D eigenvalue weighted by atomic mass is 35.5. The van der Waals surface area contributed by atoms with E-state index in [1.165, 1.54) is 12.8 Å². The van der Waals surface area contributed by atoms with E-state index >= 15 is 0 Å². The van der Waals surface area contributed by atoms with E-state index in [9.17, 15) is 4.79 Å². The number of amides is 1. The first-order valence-corrected chi connectivity index (χ1v) is 8.75. The lowest BCUT2D eigenvalue weighted by Crippen LogP contribution is -2.39. The van der Waals surface area contributed by atoms with E-state index in [-0.39, 0.29) is 18.3 Å². The Morgan fingerprint density at radius 2 is 1.92 bits per heavy atom. The molecule has 24 heavy (non-hydrogen) atoms. The van der Waals surface area contributed by atoms with Crippen LogP contribution in [0.1, 0.15) is 44.3 Å². The van der Waals surface area contributed by atoms with Gasteiger partial charge in [0.15, 0.2) is 5.82 Å².